The van der Waals surface area contributed by atoms with E-state index >= 15 is 0 Å². The largest absolute Gasteiger partial charge is 0.393 e. The van der Waals surface area contributed by atoms with Crippen LogP contribution < -0.4 is 0 Å². The number of hydrogen-bond acceptors (Lipinski definition) is 1. The van der Waals surface area contributed by atoms with E-state index in [4.69, 9.17) is 0 Å². The summed E-state index contributed by atoms with van der Waals surface area (Å²) in [5, 5.41) is 10.3. The number of aliphatic hydroxyl groups is 1. The predicted molar refractivity (Wildman–Crippen MR) is 77.7 cm³/mol. The highest BCUT2D eigenvalue weighted by molar-refractivity contribution is 5.03. The first-order valence-corrected chi connectivity index (χ1v) is 8.87. The summed E-state index contributed by atoms with van der Waals surface area (Å²) in [6.45, 7) is 2.59. The molecule has 2 unspecified atom stereocenters. The Bertz CT molecular complexity index is 352. The van der Waals surface area contributed by atoms with Crippen molar-refractivity contribution >= 4 is 0 Å². The zero-order valence-electron chi connectivity index (χ0n) is 12.5. The molecule has 1 nitrogen and oxygen atoms in total. The van der Waals surface area contributed by atoms with Gasteiger partial charge in [0.05, 0.1) is 6.10 Å². The molecule has 4 rings (SSSR count). The summed E-state index contributed by atoms with van der Waals surface area (Å²) < 4.78 is 0. The van der Waals surface area contributed by atoms with Crippen molar-refractivity contribution < 1.29 is 5.11 Å². The standard InChI is InChI=1S/C18H30O/c1-18-10-3-5-16(18)14-7-8-15-12(13(14)9-11-18)4-2-6-17(15)19/h12-17,19H,2-11H2,1H3/t12-,13-,14-,15?,16+,17?,18+/m1/s1. The molecule has 4 aliphatic rings. The smallest absolute Gasteiger partial charge is 0.0571 e. The summed E-state index contributed by atoms with van der Waals surface area (Å²) in [6, 6.07) is 0. The van der Waals surface area contributed by atoms with Crippen molar-refractivity contribution in [2.45, 2.75) is 77.2 Å². The van der Waals surface area contributed by atoms with Crippen molar-refractivity contribution in [3.63, 3.8) is 0 Å². The van der Waals surface area contributed by atoms with Gasteiger partial charge in [0.1, 0.15) is 0 Å². The summed E-state index contributed by atoms with van der Waals surface area (Å²) in [6.07, 6.45) is 14.1. The van der Waals surface area contributed by atoms with E-state index in [2.05, 4.69) is 6.92 Å². The van der Waals surface area contributed by atoms with Gasteiger partial charge >= 0.3 is 0 Å². The fourth-order valence-corrected chi connectivity index (χ4v) is 6.86. The summed E-state index contributed by atoms with van der Waals surface area (Å²) >= 11 is 0. The minimum Gasteiger partial charge on any atom is -0.393 e. The highest BCUT2D eigenvalue weighted by Gasteiger charge is 2.53. The lowest BCUT2D eigenvalue weighted by Gasteiger charge is -2.55. The summed E-state index contributed by atoms with van der Waals surface area (Å²) in [5.41, 5.74) is 0.696. The van der Waals surface area contributed by atoms with Crippen LogP contribution in [0, 0.1) is 35.0 Å². The van der Waals surface area contributed by atoms with E-state index in [1.54, 1.807) is 0 Å². The Kier molecular flexibility index (Phi) is 2.99. The van der Waals surface area contributed by atoms with Crippen LogP contribution >= 0.6 is 0 Å². The quantitative estimate of drug-likeness (QED) is 0.686. The Hall–Kier alpha value is -0.0400. The van der Waals surface area contributed by atoms with Gasteiger partial charge in [-0.15, -0.1) is 0 Å². The molecule has 0 aromatic heterocycles. The maximum atomic E-state index is 10.3. The maximum absolute atomic E-state index is 10.3. The molecule has 0 spiro atoms. The molecule has 4 saturated carbocycles. The Morgan fingerprint density at radius 1 is 0.737 bits per heavy atom. The second-order valence-electron chi connectivity index (χ2n) is 8.42. The first-order valence-electron chi connectivity index (χ1n) is 8.87. The van der Waals surface area contributed by atoms with E-state index < -0.39 is 0 Å². The lowest BCUT2D eigenvalue weighted by atomic mass is 9.50. The van der Waals surface area contributed by atoms with Crippen molar-refractivity contribution in [1.29, 1.82) is 0 Å². The van der Waals surface area contributed by atoms with Gasteiger partial charge in [-0.25, -0.2) is 0 Å². The van der Waals surface area contributed by atoms with Crippen molar-refractivity contribution in [1.82, 2.24) is 0 Å². The summed E-state index contributed by atoms with van der Waals surface area (Å²) in [4.78, 5) is 0. The molecule has 1 N–H and O–H groups in total. The van der Waals surface area contributed by atoms with Crippen LogP contribution in [0.25, 0.3) is 0 Å². The van der Waals surface area contributed by atoms with E-state index in [1.165, 1.54) is 57.8 Å². The molecule has 4 aliphatic carbocycles. The highest BCUT2D eigenvalue weighted by atomic mass is 16.3. The average Bonchev–Trinajstić information content (AvgIpc) is 2.80. The Morgan fingerprint density at radius 2 is 1.53 bits per heavy atom. The Morgan fingerprint density at radius 3 is 2.42 bits per heavy atom. The van der Waals surface area contributed by atoms with Crippen LogP contribution in [0.3, 0.4) is 0 Å². The molecule has 0 aliphatic heterocycles. The molecule has 0 radical (unpaired) electrons. The van der Waals surface area contributed by atoms with E-state index in [1.807, 2.05) is 0 Å². The predicted octanol–water partition coefficient (Wildman–Crippen LogP) is 4.39. The minimum absolute atomic E-state index is 0.0385. The third kappa shape index (κ3) is 1.83. The van der Waals surface area contributed by atoms with Crippen molar-refractivity contribution in [3.05, 3.63) is 0 Å². The maximum Gasteiger partial charge on any atom is 0.0571 e. The molecular weight excluding hydrogens is 232 g/mol. The second-order valence-corrected chi connectivity index (χ2v) is 8.42. The van der Waals surface area contributed by atoms with Crippen LogP contribution in [0.5, 0.6) is 0 Å². The van der Waals surface area contributed by atoms with Gasteiger partial charge in [0.25, 0.3) is 0 Å². The molecule has 7 atom stereocenters. The lowest BCUT2D eigenvalue weighted by Crippen LogP contribution is -2.49. The first kappa shape index (κ1) is 12.7. The topological polar surface area (TPSA) is 20.2 Å². The van der Waals surface area contributed by atoms with Crippen LogP contribution in [-0.2, 0) is 0 Å². The molecule has 0 bridgehead atoms. The molecule has 0 aromatic carbocycles. The van der Waals surface area contributed by atoms with Crippen LogP contribution in [0.4, 0.5) is 0 Å². The molecule has 4 fully saturated rings. The van der Waals surface area contributed by atoms with Gasteiger partial charge < -0.3 is 5.11 Å². The molecule has 19 heavy (non-hydrogen) atoms. The zero-order chi connectivity index (χ0) is 13.0. The minimum atomic E-state index is 0.0385. The highest BCUT2D eigenvalue weighted by Crippen LogP contribution is 2.62. The van der Waals surface area contributed by atoms with E-state index in [-0.39, 0.29) is 6.10 Å². The van der Waals surface area contributed by atoms with Crippen molar-refractivity contribution in [3.8, 4) is 0 Å². The van der Waals surface area contributed by atoms with Gasteiger partial charge in [-0.3, -0.25) is 0 Å². The van der Waals surface area contributed by atoms with Gasteiger partial charge in [0.15, 0.2) is 0 Å². The van der Waals surface area contributed by atoms with Crippen molar-refractivity contribution in [2.75, 3.05) is 0 Å². The van der Waals surface area contributed by atoms with Crippen LogP contribution in [0.1, 0.15) is 71.1 Å². The Balaban J connectivity index is 1.59. The second kappa shape index (κ2) is 4.48. The third-order valence-electron chi connectivity index (χ3n) is 7.74. The van der Waals surface area contributed by atoms with E-state index in [9.17, 15) is 5.11 Å². The van der Waals surface area contributed by atoms with Gasteiger partial charge in [0, 0.05) is 0 Å². The third-order valence-corrected chi connectivity index (χ3v) is 7.74. The number of fused-ring (bicyclic) bond motifs is 5. The lowest BCUT2D eigenvalue weighted by molar-refractivity contribution is -0.0865. The summed E-state index contributed by atoms with van der Waals surface area (Å²) in [7, 11) is 0. The number of aliphatic hydroxyl groups excluding tert-OH is 1. The molecule has 0 amide bonds. The SMILES string of the molecule is C[C@@]12CCC[C@H]1[C@@H]1CCC3C(O)CCC[C@@H]3[C@H]1CC2. The fraction of sp³-hybridized carbons (Fsp3) is 1.00. The molecule has 0 aromatic rings. The van der Waals surface area contributed by atoms with Gasteiger partial charge in [-0.2, -0.15) is 0 Å². The van der Waals surface area contributed by atoms with Crippen LogP contribution in [0.2, 0.25) is 0 Å². The summed E-state index contributed by atoms with van der Waals surface area (Å²) in [5.74, 6) is 4.58. The van der Waals surface area contributed by atoms with E-state index in [0.717, 1.165) is 30.1 Å². The normalized spacial score (nSPS) is 57.2. The fourth-order valence-electron chi connectivity index (χ4n) is 6.86. The van der Waals surface area contributed by atoms with Gasteiger partial charge in [0.2, 0.25) is 0 Å². The Labute approximate surface area is 118 Å². The molecular formula is C18H30O. The molecule has 0 heterocycles. The van der Waals surface area contributed by atoms with Gasteiger partial charge in [-0.05, 0) is 86.4 Å². The average molecular weight is 262 g/mol. The first-order chi connectivity index (χ1) is 9.19. The van der Waals surface area contributed by atoms with E-state index in [0.29, 0.717) is 11.3 Å². The van der Waals surface area contributed by atoms with Crippen LogP contribution in [-0.4, -0.2) is 11.2 Å². The number of rotatable bonds is 0. The zero-order valence-corrected chi connectivity index (χ0v) is 12.5. The molecule has 1 heteroatoms. The van der Waals surface area contributed by atoms with Crippen molar-refractivity contribution in [2.24, 2.45) is 35.0 Å². The van der Waals surface area contributed by atoms with Crippen LogP contribution in [0.15, 0.2) is 0 Å². The molecule has 108 valence electrons. The number of hydrogen-bond donors (Lipinski definition) is 1. The monoisotopic (exact) mass is 262 g/mol. The molecule has 0 saturated heterocycles. The van der Waals surface area contributed by atoms with Gasteiger partial charge in [-0.1, -0.05) is 19.8 Å².